The summed E-state index contributed by atoms with van der Waals surface area (Å²) >= 11 is 0. The molecule has 0 saturated heterocycles. The van der Waals surface area contributed by atoms with Crippen molar-refractivity contribution in [2.75, 3.05) is 0 Å². The third-order valence-corrected chi connectivity index (χ3v) is 4.43. The quantitative estimate of drug-likeness (QED) is 0.863. The first-order chi connectivity index (χ1) is 9.79. The van der Waals surface area contributed by atoms with Crippen LogP contribution in [0.25, 0.3) is 0 Å². The fourth-order valence-electron chi connectivity index (χ4n) is 3.38. The van der Waals surface area contributed by atoms with Crippen molar-refractivity contribution in [2.45, 2.75) is 40.0 Å². The SMILES string of the molecule is C=C1C[C@@H](C(=O)O)[C@H](C(=O)Cc2c(C)cc(C)cc2C)C1. The number of carboxylic acids is 1. The molecule has 3 heteroatoms. The van der Waals surface area contributed by atoms with Gasteiger partial charge >= 0.3 is 5.97 Å². The molecule has 0 aliphatic heterocycles. The van der Waals surface area contributed by atoms with Gasteiger partial charge in [-0.25, -0.2) is 0 Å². The average molecular weight is 286 g/mol. The molecule has 0 radical (unpaired) electrons. The van der Waals surface area contributed by atoms with Gasteiger partial charge in [0.15, 0.2) is 0 Å². The molecule has 1 aromatic rings. The standard InChI is InChI=1S/C18H22O3/c1-10-5-12(3)14(13(4)6-10)9-17(19)15-7-11(2)8-16(15)18(20)21/h5-6,15-16H,2,7-9H2,1,3-4H3,(H,20,21)/t15-,16-/m1/s1. The van der Waals surface area contributed by atoms with E-state index < -0.39 is 17.8 Å². The van der Waals surface area contributed by atoms with E-state index in [0.717, 1.165) is 22.3 Å². The predicted octanol–water partition coefficient (Wildman–Crippen LogP) is 3.39. The van der Waals surface area contributed by atoms with Gasteiger partial charge in [0.1, 0.15) is 5.78 Å². The zero-order valence-corrected chi connectivity index (χ0v) is 12.9. The number of benzene rings is 1. The molecule has 0 aromatic heterocycles. The Morgan fingerprint density at radius 1 is 1.14 bits per heavy atom. The van der Waals surface area contributed by atoms with Crippen molar-refractivity contribution in [3.05, 3.63) is 46.5 Å². The minimum absolute atomic E-state index is 0.0242. The van der Waals surface area contributed by atoms with Gasteiger partial charge in [0.05, 0.1) is 5.92 Å². The summed E-state index contributed by atoms with van der Waals surface area (Å²) in [4.78, 5) is 23.9. The normalized spacial score (nSPS) is 21.6. The van der Waals surface area contributed by atoms with Crippen molar-refractivity contribution in [3.63, 3.8) is 0 Å². The summed E-state index contributed by atoms with van der Waals surface area (Å²) in [6.07, 6.45) is 1.26. The van der Waals surface area contributed by atoms with Gasteiger partial charge in [-0.1, -0.05) is 29.8 Å². The van der Waals surface area contributed by atoms with E-state index in [1.807, 2.05) is 20.8 Å². The summed E-state index contributed by atoms with van der Waals surface area (Å²) in [5.74, 6) is -1.88. The molecule has 0 spiro atoms. The first-order valence-electron chi connectivity index (χ1n) is 7.28. The van der Waals surface area contributed by atoms with Gasteiger partial charge in [-0.15, -0.1) is 0 Å². The zero-order chi connectivity index (χ0) is 15.7. The Bertz CT molecular complexity index is 590. The van der Waals surface area contributed by atoms with Crippen molar-refractivity contribution >= 4 is 11.8 Å². The minimum atomic E-state index is -0.885. The van der Waals surface area contributed by atoms with E-state index in [1.165, 1.54) is 5.56 Å². The summed E-state index contributed by atoms with van der Waals surface area (Å²) in [6, 6.07) is 4.13. The van der Waals surface area contributed by atoms with Crippen molar-refractivity contribution in [1.29, 1.82) is 0 Å². The van der Waals surface area contributed by atoms with Gasteiger partial charge in [-0.3, -0.25) is 9.59 Å². The van der Waals surface area contributed by atoms with Crippen LogP contribution >= 0.6 is 0 Å². The van der Waals surface area contributed by atoms with E-state index in [0.29, 0.717) is 19.3 Å². The number of hydrogen-bond donors (Lipinski definition) is 1. The van der Waals surface area contributed by atoms with Crippen LogP contribution in [0.2, 0.25) is 0 Å². The summed E-state index contributed by atoms with van der Waals surface area (Å²) in [7, 11) is 0. The number of carbonyl (C=O) groups excluding carboxylic acids is 1. The van der Waals surface area contributed by atoms with Crippen LogP contribution in [0, 0.1) is 32.6 Å². The van der Waals surface area contributed by atoms with Crippen LogP contribution in [-0.2, 0) is 16.0 Å². The van der Waals surface area contributed by atoms with Gasteiger partial charge < -0.3 is 5.11 Å². The predicted molar refractivity (Wildman–Crippen MR) is 82.4 cm³/mol. The van der Waals surface area contributed by atoms with Crippen molar-refractivity contribution in [1.82, 2.24) is 0 Å². The maximum atomic E-state index is 12.6. The highest BCUT2D eigenvalue weighted by Crippen LogP contribution is 2.36. The third-order valence-electron chi connectivity index (χ3n) is 4.43. The first kappa shape index (κ1) is 15.5. The molecule has 0 amide bonds. The summed E-state index contributed by atoms with van der Waals surface area (Å²) in [6.45, 7) is 9.90. The lowest BCUT2D eigenvalue weighted by Crippen LogP contribution is -2.26. The van der Waals surface area contributed by atoms with Crippen LogP contribution in [0.5, 0.6) is 0 Å². The Labute approximate surface area is 125 Å². The van der Waals surface area contributed by atoms with Crippen molar-refractivity contribution < 1.29 is 14.7 Å². The van der Waals surface area contributed by atoms with E-state index >= 15 is 0 Å². The zero-order valence-electron chi connectivity index (χ0n) is 12.9. The molecule has 0 unspecified atom stereocenters. The molecule has 3 nitrogen and oxygen atoms in total. The molecule has 2 atom stereocenters. The molecule has 1 saturated carbocycles. The Morgan fingerprint density at radius 2 is 1.67 bits per heavy atom. The lowest BCUT2D eigenvalue weighted by Gasteiger charge is -2.16. The summed E-state index contributed by atoms with van der Waals surface area (Å²) < 4.78 is 0. The number of Topliss-reactive ketones (excluding diaryl/α,β-unsaturated/α-hetero) is 1. The Kier molecular flexibility index (Phi) is 4.31. The Morgan fingerprint density at radius 3 is 2.19 bits per heavy atom. The van der Waals surface area contributed by atoms with Gasteiger partial charge in [0, 0.05) is 12.3 Å². The van der Waals surface area contributed by atoms with E-state index in [1.54, 1.807) is 0 Å². The monoisotopic (exact) mass is 286 g/mol. The molecule has 1 aliphatic carbocycles. The molecule has 0 heterocycles. The van der Waals surface area contributed by atoms with E-state index in [-0.39, 0.29) is 5.78 Å². The van der Waals surface area contributed by atoms with E-state index in [2.05, 4.69) is 18.7 Å². The fourth-order valence-corrected chi connectivity index (χ4v) is 3.38. The number of allylic oxidation sites excluding steroid dienone is 1. The Balaban J connectivity index is 2.22. The van der Waals surface area contributed by atoms with Gasteiger partial charge in [-0.2, -0.15) is 0 Å². The second-order valence-electron chi connectivity index (χ2n) is 6.23. The van der Waals surface area contributed by atoms with Crippen LogP contribution in [0.4, 0.5) is 0 Å². The van der Waals surface area contributed by atoms with Gasteiger partial charge in [0.25, 0.3) is 0 Å². The van der Waals surface area contributed by atoms with Crippen molar-refractivity contribution in [3.8, 4) is 0 Å². The highest BCUT2D eigenvalue weighted by atomic mass is 16.4. The molecule has 2 rings (SSSR count). The molecular weight excluding hydrogens is 264 g/mol. The molecule has 21 heavy (non-hydrogen) atoms. The summed E-state index contributed by atoms with van der Waals surface area (Å²) in [5.41, 5.74) is 5.29. The highest BCUT2D eigenvalue weighted by molar-refractivity contribution is 5.89. The number of hydrogen-bond acceptors (Lipinski definition) is 2. The number of aliphatic carboxylic acids is 1. The third kappa shape index (κ3) is 3.23. The number of ketones is 1. The molecule has 1 fully saturated rings. The summed E-state index contributed by atoms with van der Waals surface area (Å²) in [5, 5.41) is 9.27. The van der Waals surface area contributed by atoms with Crippen molar-refractivity contribution in [2.24, 2.45) is 11.8 Å². The maximum Gasteiger partial charge on any atom is 0.307 e. The first-order valence-corrected chi connectivity index (χ1v) is 7.28. The fraction of sp³-hybridized carbons (Fsp3) is 0.444. The molecule has 1 aromatic carbocycles. The molecular formula is C18H22O3. The second-order valence-corrected chi connectivity index (χ2v) is 6.23. The number of rotatable bonds is 4. The second kappa shape index (κ2) is 5.84. The number of aryl methyl sites for hydroxylation is 3. The van der Waals surface area contributed by atoms with Gasteiger partial charge in [-0.05, 0) is 50.3 Å². The largest absolute Gasteiger partial charge is 0.481 e. The molecule has 1 N–H and O–H groups in total. The van der Waals surface area contributed by atoms with E-state index in [4.69, 9.17) is 0 Å². The van der Waals surface area contributed by atoms with Crippen LogP contribution in [-0.4, -0.2) is 16.9 Å². The molecule has 0 bridgehead atoms. The van der Waals surface area contributed by atoms with E-state index in [9.17, 15) is 14.7 Å². The smallest absolute Gasteiger partial charge is 0.307 e. The Hall–Kier alpha value is -1.90. The lowest BCUT2D eigenvalue weighted by molar-refractivity contribution is -0.145. The van der Waals surface area contributed by atoms with Crippen LogP contribution in [0.15, 0.2) is 24.3 Å². The molecule has 1 aliphatic rings. The number of carbonyl (C=O) groups is 2. The topological polar surface area (TPSA) is 54.4 Å². The minimum Gasteiger partial charge on any atom is -0.481 e. The number of carboxylic acid groups (broad SMARTS) is 1. The average Bonchev–Trinajstić information content (AvgIpc) is 2.76. The van der Waals surface area contributed by atoms with Crippen LogP contribution in [0.3, 0.4) is 0 Å². The highest BCUT2D eigenvalue weighted by Gasteiger charge is 2.39. The maximum absolute atomic E-state index is 12.6. The van der Waals surface area contributed by atoms with Crippen LogP contribution in [0.1, 0.15) is 35.1 Å². The van der Waals surface area contributed by atoms with Crippen LogP contribution < -0.4 is 0 Å². The van der Waals surface area contributed by atoms with Gasteiger partial charge in [0.2, 0.25) is 0 Å². The molecule has 112 valence electrons. The lowest BCUT2D eigenvalue weighted by atomic mass is 9.86.